The van der Waals surface area contributed by atoms with Gasteiger partial charge in [-0.15, -0.1) is 12.4 Å². The lowest BCUT2D eigenvalue weighted by molar-refractivity contribution is -0.184. The van der Waals surface area contributed by atoms with Crippen molar-refractivity contribution in [2.75, 3.05) is 13.6 Å². The number of hydrogen-bond donors (Lipinski definition) is 2. The van der Waals surface area contributed by atoms with Gasteiger partial charge in [0, 0.05) is 18.5 Å². The second-order valence-electron chi connectivity index (χ2n) is 5.07. The van der Waals surface area contributed by atoms with E-state index in [0.717, 1.165) is 0 Å². The first-order chi connectivity index (χ1) is 8.34. The van der Waals surface area contributed by atoms with Crippen molar-refractivity contribution < 1.29 is 18.0 Å². The Morgan fingerprint density at radius 2 is 2.00 bits per heavy atom. The molecule has 0 saturated heterocycles. The van der Waals surface area contributed by atoms with Gasteiger partial charge >= 0.3 is 6.18 Å². The van der Waals surface area contributed by atoms with Crippen molar-refractivity contribution in [1.29, 1.82) is 0 Å². The molecular formula is C12H22ClF3N2O. The fourth-order valence-corrected chi connectivity index (χ4v) is 2.36. The number of carbonyl (C=O) groups is 1. The molecule has 3 unspecified atom stereocenters. The van der Waals surface area contributed by atoms with Gasteiger partial charge in [-0.25, -0.2) is 0 Å². The average molecular weight is 303 g/mol. The Bertz CT molecular complexity index is 287. The predicted molar refractivity (Wildman–Crippen MR) is 70.3 cm³/mol. The first-order valence-corrected chi connectivity index (χ1v) is 6.36. The first kappa shape index (κ1) is 18.5. The maximum Gasteiger partial charge on any atom is 0.391 e. The third-order valence-corrected chi connectivity index (χ3v) is 3.44. The molecule has 0 radical (unpaired) electrons. The molecular weight excluding hydrogens is 281 g/mol. The SMILES string of the molecule is CNCC(C)C(=O)NC1CCCC(C(F)(F)F)C1.Cl. The van der Waals surface area contributed by atoms with E-state index >= 15 is 0 Å². The molecule has 1 aliphatic rings. The summed E-state index contributed by atoms with van der Waals surface area (Å²) in [5.74, 6) is -1.66. The summed E-state index contributed by atoms with van der Waals surface area (Å²) >= 11 is 0. The Balaban J connectivity index is 0.00000324. The Labute approximate surface area is 118 Å². The van der Waals surface area contributed by atoms with Crippen LogP contribution in [0.15, 0.2) is 0 Å². The molecule has 0 aromatic heterocycles. The number of halogens is 4. The van der Waals surface area contributed by atoms with Gasteiger partial charge in [0.15, 0.2) is 0 Å². The summed E-state index contributed by atoms with van der Waals surface area (Å²) in [6.45, 7) is 2.29. The number of carbonyl (C=O) groups excluding carboxylic acids is 1. The second kappa shape index (κ2) is 7.94. The van der Waals surface area contributed by atoms with Crippen LogP contribution in [0.25, 0.3) is 0 Å². The van der Waals surface area contributed by atoms with E-state index in [4.69, 9.17) is 0 Å². The number of alkyl halides is 3. The van der Waals surface area contributed by atoms with Crippen LogP contribution < -0.4 is 10.6 Å². The Kier molecular flexibility index (Phi) is 7.74. The lowest BCUT2D eigenvalue weighted by atomic mass is 9.85. The molecule has 1 saturated carbocycles. The first-order valence-electron chi connectivity index (χ1n) is 6.36. The Hall–Kier alpha value is -0.490. The molecule has 7 heteroatoms. The summed E-state index contributed by atoms with van der Waals surface area (Å²) < 4.78 is 37.8. The molecule has 0 aromatic rings. The maximum absolute atomic E-state index is 12.6. The van der Waals surface area contributed by atoms with Crippen LogP contribution in [-0.2, 0) is 4.79 Å². The molecule has 19 heavy (non-hydrogen) atoms. The van der Waals surface area contributed by atoms with Crippen LogP contribution in [0.3, 0.4) is 0 Å². The fraction of sp³-hybridized carbons (Fsp3) is 0.917. The van der Waals surface area contributed by atoms with Crippen LogP contribution in [0.2, 0.25) is 0 Å². The summed E-state index contributed by atoms with van der Waals surface area (Å²) in [6, 6.07) is -0.336. The fourth-order valence-electron chi connectivity index (χ4n) is 2.36. The zero-order valence-corrected chi connectivity index (χ0v) is 12.0. The maximum atomic E-state index is 12.6. The van der Waals surface area contributed by atoms with Crippen LogP contribution in [0.1, 0.15) is 32.6 Å². The minimum Gasteiger partial charge on any atom is -0.353 e. The van der Waals surface area contributed by atoms with Crippen LogP contribution in [0, 0.1) is 11.8 Å². The van der Waals surface area contributed by atoms with Gasteiger partial charge in [-0.05, 0) is 26.3 Å². The summed E-state index contributed by atoms with van der Waals surface area (Å²) in [4.78, 5) is 11.7. The Morgan fingerprint density at radius 1 is 1.37 bits per heavy atom. The molecule has 0 bridgehead atoms. The highest BCUT2D eigenvalue weighted by Gasteiger charge is 2.42. The highest BCUT2D eigenvalue weighted by atomic mass is 35.5. The zero-order chi connectivity index (χ0) is 13.8. The number of nitrogens with one attached hydrogen (secondary N) is 2. The zero-order valence-electron chi connectivity index (χ0n) is 11.2. The largest absolute Gasteiger partial charge is 0.391 e. The van der Waals surface area contributed by atoms with Crippen LogP contribution in [0.5, 0.6) is 0 Å². The summed E-state index contributed by atoms with van der Waals surface area (Å²) in [5, 5.41) is 5.60. The van der Waals surface area contributed by atoms with Crippen molar-refractivity contribution in [2.24, 2.45) is 11.8 Å². The second-order valence-corrected chi connectivity index (χ2v) is 5.07. The quantitative estimate of drug-likeness (QED) is 0.838. The number of rotatable bonds is 4. The monoisotopic (exact) mass is 302 g/mol. The predicted octanol–water partition coefficient (Wildman–Crippen LogP) is 2.50. The number of hydrogen-bond acceptors (Lipinski definition) is 2. The van der Waals surface area contributed by atoms with Gasteiger partial charge in [0.2, 0.25) is 5.91 Å². The van der Waals surface area contributed by atoms with Crippen molar-refractivity contribution in [3.63, 3.8) is 0 Å². The van der Waals surface area contributed by atoms with Crippen LogP contribution >= 0.6 is 12.4 Å². The number of amides is 1. The lowest BCUT2D eigenvalue weighted by Crippen LogP contribution is -2.44. The van der Waals surface area contributed by atoms with Gasteiger partial charge < -0.3 is 10.6 Å². The third kappa shape index (κ3) is 5.99. The van der Waals surface area contributed by atoms with E-state index in [1.165, 1.54) is 0 Å². The molecule has 0 aromatic carbocycles. The van der Waals surface area contributed by atoms with Crippen LogP contribution in [-0.4, -0.2) is 31.7 Å². The van der Waals surface area contributed by atoms with Crippen molar-refractivity contribution >= 4 is 18.3 Å². The van der Waals surface area contributed by atoms with Crippen molar-refractivity contribution in [1.82, 2.24) is 10.6 Å². The highest BCUT2D eigenvalue weighted by Crippen LogP contribution is 2.37. The van der Waals surface area contributed by atoms with E-state index in [1.54, 1.807) is 14.0 Å². The summed E-state index contributed by atoms with van der Waals surface area (Å²) in [6.07, 6.45) is -2.77. The molecule has 1 amide bonds. The minimum absolute atomic E-state index is 0. The van der Waals surface area contributed by atoms with Crippen molar-refractivity contribution in [2.45, 2.75) is 44.8 Å². The summed E-state index contributed by atoms with van der Waals surface area (Å²) in [7, 11) is 1.74. The molecule has 114 valence electrons. The Morgan fingerprint density at radius 3 is 2.53 bits per heavy atom. The molecule has 1 rings (SSSR count). The molecule has 1 aliphatic carbocycles. The topological polar surface area (TPSA) is 41.1 Å². The molecule has 3 atom stereocenters. The normalized spacial score (nSPS) is 25.3. The van der Waals surface area contributed by atoms with Gasteiger partial charge in [-0.1, -0.05) is 13.3 Å². The van der Waals surface area contributed by atoms with E-state index in [2.05, 4.69) is 10.6 Å². The molecule has 3 nitrogen and oxygen atoms in total. The lowest BCUT2D eigenvalue weighted by Gasteiger charge is -2.31. The average Bonchev–Trinajstić information content (AvgIpc) is 2.28. The van der Waals surface area contributed by atoms with Gasteiger partial charge in [0.05, 0.1) is 5.92 Å². The summed E-state index contributed by atoms with van der Waals surface area (Å²) in [5.41, 5.74) is 0. The molecule has 0 spiro atoms. The molecule has 2 N–H and O–H groups in total. The van der Waals surface area contributed by atoms with Crippen LogP contribution in [0.4, 0.5) is 13.2 Å². The van der Waals surface area contributed by atoms with E-state index < -0.39 is 12.1 Å². The standard InChI is InChI=1S/C12H21F3N2O.ClH/c1-8(7-16-2)11(18)17-10-5-3-4-9(6-10)12(13,14)15;/h8-10,16H,3-7H2,1-2H3,(H,17,18);1H. The smallest absolute Gasteiger partial charge is 0.353 e. The van der Waals surface area contributed by atoms with E-state index in [9.17, 15) is 18.0 Å². The van der Waals surface area contributed by atoms with Crippen molar-refractivity contribution in [3.05, 3.63) is 0 Å². The van der Waals surface area contributed by atoms with E-state index in [1.807, 2.05) is 0 Å². The highest BCUT2D eigenvalue weighted by molar-refractivity contribution is 5.85. The van der Waals surface area contributed by atoms with Crippen molar-refractivity contribution in [3.8, 4) is 0 Å². The van der Waals surface area contributed by atoms with Gasteiger partial charge in [-0.3, -0.25) is 4.79 Å². The van der Waals surface area contributed by atoms with E-state index in [-0.39, 0.29) is 43.1 Å². The van der Waals surface area contributed by atoms with E-state index in [0.29, 0.717) is 19.4 Å². The molecule has 0 aliphatic heterocycles. The minimum atomic E-state index is -4.14. The van der Waals surface area contributed by atoms with Gasteiger partial charge in [-0.2, -0.15) is 13.2 Å². The van der Waals surface area contributed by atoms with Gasteiger partial charge in [0.25, 0.3) is 0 Å². The third-order valence-electron chi connectivity index (χ3n) is 3.44. The van der Waals surface area contributed by atoms with Gasteiger partial charge in [0.1, 0.15) is 0 Å². The molecule has 1 fully saturated rings. The molecule has 0 heterocycles.